The van der Waals surface area contributed by atoms with E-state index >= 15 is 0 Å². The van der Waals surface area contributed by atoms with Crippen LogP contribution in [0.3, 0.4) is 0 Å². The van der Waals surface area contributed by atoms with Gasteiger partial charge in [-0.15, -0.1) is 0 Å². The monoisotopic (exact) mass is 500 g/mol. The fraction of sp³-hybridized carbons (Fsp3) is 0.387. The van der Waals surface area contributed by atoms with Gasteiger partial charge < -0.3 is 13.9 Å². The van der Waals surface area contributed by atoms with E-state index in [9.17, 15) is 4.79 Å². The average Bonchev–Trinajstić information content (AvgIpc) is 3.25. The van der Waals surface area contributed by atoms with Crippen molar-refractivity contribution in [2.75, 3.05) is 6.79 Å². The molecule has 2 aliphatic rings. The highest BCUT2D eigenvalue weighted by Gasteiger charge is 2.50. The van der Waals surface area contributed by atoms with Gasteiger partial charge in [0.25, 0.3) is 8.32 Å². The van der Waals surface area contributed by atoms with E-state index in [0.717, 1.165) is 35.4 Å². The molecule has 1 saturated carbocycles. The lowest BCUT2D eigenvalue weighted by atomic mass is 9.97. The van der Waals surface area contributed by atoms with Gasteiger partial charge in [-0.2, -0.15) is 0 Å². The second-order valence-corrected chi connectivity index (χ2v) is 15.4. The predicted octanol–water partition coefficient (Wildman–Crippen LogP) is 5.87. The maximum Gasteiger partial charge on any atom is 0.340 e. The highest BCUT2D eigenvalue weighted by atomic mass is 28.4. The van der Waals surface area contributed by atoms with Gasteiger partial charge in [-0.3, -0.25) is 0 Å². The van der Waals surface area contributed by atoms with Gasteiger partial charge in [0.15, 0.2) is 6.79 Å². The Balaban J connectivity index is 1.36. The molecule has 0 bridgehead atoms. The van der Waals surface area contributed by atoms with E-state index in [1.165, 1.54) is 18.4 Å². The van der Waals surface area contributed by atoms with Crippen molar-refractivity contribution in [3.05, 3.63) is 90.0 Å². The number of carbonyl (C=O) groups is 1. The number of hydrogen-bond donors (Lipinski definition) is 0. The summed E-state index contributed by atoms with van der Waals surface area (Å²) in [6, 6.07) is 26.5. The lowest BCUT2D eigenvalue weighted by Crippen LogP contribution is -2.66. The van der Waals surface area contributed by atoms with Crippen LogP contribution >= 0.6 is 0 Å². The smallest absolute Gasteiger partial charge is 0.340 e. The molecule has 1 heterocycles. The first-order chi connectivity index (χ1) is 17.4. The van der Waals surface area contributed by atoms with Gasteiger partial charge in [-0.25, -0.2) is 4.79 Å². The molecule has 0 aromatic heterocycles. The third-order valence-corrected chi connectivity index (χ3v) is 12.8. The van der Waals surface area contributed by atoms with Crippen molar-refractivity contribution in [3.63, 3.8) is 0 Å². The van der Waals surface area contributed by atoms with Crippen molar-refractivity contribution in [1.29, 1.82) is 0 Å². The molecule has 2 atom stereocenters. The number of ether oxygens (including phenoxy) is 2. The second-order valence-electron chi connectivity index (χ2n) is 11.1. The van der Waals surface area contributed by atoms with E-state index in [1.54, 1.807) is 0 Å². The predicted molar refractivity (Wildman–Crippen MR) is 146 cm³/mol. The molecular weight excluding hydrogens is 464 g/mol. The van der Waals surface area contributed by atoms with Crippen LogP contribution in [-0.2, 0) is 15.6 Å². The Bertz CT molecular complexity index is 1150. The molecule has 36 heavy (non-hydrogen) atoms. The summed E-state index contributed by atoms with van der Waals surface area (Å²) in [6.45, 7) is 6.53. The molecule has 2 unspecified atom stereocenters. The van der Waals surface area contributed by atoms with Crippen molar-refractivity contribution >= 4 is 24.7 Å². The zero-order valence-electron chi connectivity index (χ0n) is 21.5. The summed E-state index contributed by atoms with van der Waals surface area (Å²) < 4.78 is 18.8. The normalized spacial score (nSPS) is 19.5. The minimum Gasteiger partial charge on any atom is -0.490 e. The Morgan fingerprint density at radius 2 is 1.58 bits per heavy atom. The minimum absolute atomic E-state index is 0.102. The summed E-state index contributed by atoms with van der Waals surface area (Å²) in [5.41, 5.74) is 1.70. The second kappa shape index (κ2) is 10.2. The Morgan fingerprint density at radius 1 is 0.917 bits per heavy atom. The molecule has 1 aliphatic heterocycles. The lowest BCUT2D eigenvalue weighted by molar-refractivity contribution is 0.0122. The quantitative estimate of drug-likeness (QED) is 0.241. The minimum atomic E-state index is -2.76. The molecule has 3 aromatic carbocycles. The van der Waals surface area contributed by atoms with Crippen LogP contribution < -0.4 is 15.1 Å². The zero-order valence-corrected chi connectivity index (χ0v) is 22.5. The molecule has 1 aliphatic carbocycles. The molecular formula is C31H36O4Si. The maximum atomic E-state index is 13.1. The number of benzene rings is 3. The molecule has 5 heteroatoms. The molecule has 0 saturated heterocycles. The fourth-order valence-electron chi connectivity index (χ4n) is 6.01. The van der Waals surface area contributed by atoms with Gasteiger partial charge in [-0.1, -0.05) is 87.5 Å². The summed E-state index contributed by atoms with van der Waals surface area (Å²) >= 11 is 0. The zero-order chi connectivity index (χ0) is 25.2. The van der Waals surface area contributed by atoms with Crippen LogP contribution in [0.4, 0.5) is 0 Å². The van der Waals surface area contributed by atoms with E-state index in [0.29, 0.717) is 11.5 Å². The van der Waals surface area contributed by atoms with Gasteiger partial charge in [0.1, 0.15) is 11.9 Å². The topological polar surface area (TPSA) is 44.8 Å². The summed E-state index contributed by atoms with van der Waals surface area (Å²) in [7, 11) is -2.76. The van der Waals surface area contributed by atoms with Crippen LogP contribution in [0, 0.1) is 5.92 Å². The first-order valence-corrected chi connectivity index (χ1v) is 15.0. The first-order valence-electron chi connectivity index (χ1n) is 13.1. The molecule has 0 radical (unpaired) electrons. The SMILES string of the molecule is CC(C)(C)[Si](OCOC(=O)c1ccc2c(c1)OC1CCCC1CC2)(c1ccccc1)c1ccccc1. The number of hydrogen-bond acceptors (Lipinski definition) is 4. The van der Waals surface area contributed by atoms with E-state index in [-0.39, 0.29) is 23.9 Å². The molecule has 4 nitrogen and oxygen atoms in total. The van der Waals surface area contributed by atoms with Gasteiger partial charge in [0, 0.05) is 0 Å². The highest BCUT2D eigenvalue weighted by molar-refractivity contribution is 6.99. The van der Waals surface area contributed by atoms with E-state index in [1.807, 2.05) is 54.6 Å². The molecule has 0 N–H and O–H groups in total. The molecule has 5 rings (SSSR count). The van der Waals surface area contributed by atoms with E-state index < -0.39 is 8.32 Å². The standard InChI is InChI=1S/C31H36O4Si/c1-31(2,3)36(26-12-6-4-7-13-26,27-14-8-5-9-15-27)34-22-33-30(32)25-20-19-24-18-17-23-11-10-16-28(23)35-29(24)21-25/h4-9,12-15,19-21,23,28H,10-11,16-18,22H2,1-3H3. The van der Waals surface area contributed by atoms with Gasteiger partial charge >= 0.3 is 5.97 Å². The fourth-order valence-corrected chi connectivity index (χ4v) is 10.4. The average molecular weight is 501 g/mol. The molecule has 1 fully saturated rings. The number of rotatable bonds is 6. The number of aryl methyl sites for hydroxylation is 1. The number of fused-ring (bicyclic) bond motifs is 2. The Morgan fingerprint density at radius 3 is 2.22 bits per heavy atom. The van der Waals surface area contributed by atoms with Crippen molar-refractivity contribution < 1.29 is 18.7 Å². The Labute approximate surface area is 215 Å². The third kappa shape index (κ3) is 4.74. The van der Waals surface area contributed by atoms with Gasteiger partial charge in [0.2, 0.25) is 0 Å². The largest absolute Gasteiger partial charge is 0.490 e. The maximum absolute atomic E-state index is 13.1. The summed E-state index contributed by atoms with van der Waals surface area (Å²) in [6.07, 6.45) is 6.01. The van der Waals surface area contributed by atoms with Crippen molar-refractivity contribution in [2.45, 2.75) is 64.0 Å². The van der Waals surface area contributed by atoms with Crippen LogP contribution in [0.15, 0.2) is 78.9 Å². The lowest BCUT2D eigenvalue weighted by Gasteiger charge is -2.42. The van der Waals surface area contributed by atoms with Crippen molar-refractivity contribution in [1.82, 2.24) is 0 Å². The van der Waals surface area contributed by atoms with Gasteiger partial charge in [-0.05, 0) is 71.1 Å². The first kappa shape index (κ1) is 24.8. The number of carbonyl (C=O) groups excluding carboxylic acids is 1. The summed E-state index contributed by atoms with van der Waals surface area (Å²) in [5.74, 6) is 1.09. The molecule has 0 spiro atoms. The molecule has 188 valence electrons. The Kier molecular flexibility index (Phi) is 7.04. The van der Waals surface area contributed by atoms with Crippen LogP contribution in [-0.4, -0.2) is 27.2 Å². The third-order valence-electron chi connectivity index (χ3n) is 7.84. The molecule has 3 aromatic rings. The summed E-state index contributed by atoms with van der Waals surface area (Å²) in [4.78, 5) is 13.1. The Hall–Kier alpha value is -2.89. The molecule has 0 amide bonds. The highest BCUT2D eigenvalue weighted by Crippen LogP contribution is 2.39. The van der Waals surface area contributed by atoms with Crippen molar-refractivity contribution in [2.24, 2.45) is 5.92 Å². The van der Waals surface area contributed by atoms with Crippen LogP contribution in [0.1, 0.15) is 62.4 Å². The van der Waals surface area contributed by atoms with Crippen molar-refractivity contribution in [3.8, 4) is 5.75 Å². The van der Waals surface area contributed by atoms with Gasteiger partial charge in [0.05, 0.1) is 5.56 Å². The van der Waals surface area contributed by atoms with E-state index in [2.05, 4.69) is 45.0 Å². The van der Waals surface area contributed by atoms with Crippen LogP contribution in [0.25, 0.3) is 0 Å². The summed E-state index contributed by atoms with van der Waals surface area (Å²) in [5, 5.41) is 2.13. The van der Waals surface area contributed by atoms with Crippen LogP contribution in [0.5, 0.6) is 5.75 Å². The van der Waals surface area contributed by atoms with E-state index in [4.69, 9.17) is 13.9 Å². The van der Waals surface area contributed by atoms with Crippen LogP contribution in [0.2, 0.25) is 5.04 Å². The number of esters is 1.